The molecular weight excluding hydrogens is 195 g/mol. The van der Waals surface area contributed by atoms with Crippen LogP contribution in [-0.2, 0) is 0 Å². The van der Waals surface area contributed by atoms with Crippen molar-refractivity contribution in [2.24, 2.45) is 5.73 Å². The van der Waals surface area contributed by atoms with Crippen LogP contribution in [0.2, 0.25) is 5.02 Å². The lowest BCUT2D eigenvalue weighted by molar-refractivity contribution is 0.424. The molecule has 1 atom stereocenters. The summed E-state index contributed by atoms with van der Waals surface area (Å²) in [6.45, 7) is 0. The molecule has 0 heterocycles. The van der Waals surface area contributed by atoms with Gasteiger partial charge in [-0.05, 0) is 12.1 Å². The predicted octanol–water partition coefficient (Wildman–Crippen LogP) is 1.71. The highest BCUT2D eigenvalue weighted by Crippen LogP contribution is 2.29. The Labute approximate surface area is 79.2 Å². The quantitative estimate of drug-likeness (QED) is 0.725. The van der Waals surface area contributed by atoms with Gasteiger partial charge in [-0.15, -0.1) is 0 Å². The number of nitriles is 1. The molecular formula is C8H6ClFN2O. The van der Waals surface area contributed by atoms with Crippen molar-refractivity contribution in [1.82, 2.24) is 0 Å². The number of phenolic OH excluding ortho intramolecular Hbond substituents is 1. The molecule has 13 heavy (non-hydrogen) atoms. The topological polar surface area (TPSA) is 70.0 Å². The van der Waals surface area contributed by atoms with Crippen molar-refractivity contribution >= 4 is 11.6 Å². The molecule has 5 heteroatoms. The summed E-state index contributed by atoms with van der Waals surface area (Å²) in [5, 5.41) is 17.7. The summed E-state index contributed by atoms with van der Waals surface area (Å²) < 4.78 is 12.8. The lowest BCUT2D eigenvalue weighted by Gasteiger charge is -2.07. The van der Waals surface area contributed by atoms with Gasteiger partial charge >= 0.3 is 0 Å². The Kier molecular flexibility index (Phi) is 2.71. The van der Waals surface area contributed by atoms with Gasteiger partial charge in [0.05, 0.1) is 6.07 Å². The molecule has 3 N–H and O–H groups in total. The highest BCUT2D eigenvalue weighted by molar-refractivity contribution is 6.30. The first-order valence-electron chi connectivity index (χ1n) is 3.39. The standard InChI is InChI=1S/C8H6ClFN2O/c9-4-1-5(7(12)3-11)8(13)6(10)2-4/h1-2,7,13H,12H2/t7-/m1/s1. The zero-order valence-electron chi connectivity index (χ0n) is 6.46. The second-order valence-electron chi connectivity index (χ2n) is 2.43. The molecule has 0 amide bonds. The first-order chi connectivity index (χ1) is 6.06. The van der Waals surface area contributed by atoms with Crippen molar-refractivity contribution in [2.75, 3.05) is 0 Å². The minimum Gasteiger partial charge on any atom is -0.505 e. The fraction of sp³-hybridized carbons (Fsp3) is 0.125. The molecule has 1 aromatic rings. The molecule has 0 aliphatic carbocycles. The molecule has 0 aliphatic rings. The summed E-state index contributed by atoms with van der Waals surface area (Å²) in [6.07, 6.45) is 0. The summed E-state index contributed by atoms with van der Waals surface area (Å²) in [7, 11) is 0. The lowest BCUT2D eigenvalue weighted by atomic mass is 10.1. The van der Waals surface area contributed by atoms with Gasteiger partial charge in [-0.1, -0.05) is 11.6 Å². The smallest absolute Gasteiger partial charge is 0.166 e. The Morgan fingerprint density at radius 1 is 1.62 bits per heavy atom. The van der Waals surface area contributed by atoms with E-state index in [4.69, 9.17) is 27.7 Å². The van der Waals surface area contributed by atoms with Gasteiger partial charge in [0.2, 0.25) is 0 Å². The van der Waals surface area contributed by atoms with Crippen LogP contribution < -0.4 is 5.73 Å². The number of phenols is 1. The van der Waals surface area contributed by atoms with Gasteiger partial charge in [0.1, 0.15) is 6.04 Å². The van der Waals surface area contributed by atoms with Crippen molar-refractivity contribution in [3.63, 3.8) is 0 Å². The Hall–Kier alpha value is -1.31. The molecule has 0 bridgehead atoms. The number of benzene rings is 1. The van der Waals surface area contributed by atoms with Crippen LogP contribution >= 0.6 is 11.6 Å². The van der Waals surface area contributed by atoms with Crippen molar-refractivity contribution in [1.29, 1.82) is 5.26 Å². The highest BCUT2D eigenvalue weighted by Gasteiger charge is 2.14. The molecule has 0 aromatic heterocycles. The number of aromatic hydroxyl groups is 1. The van der Waals surface area contributed by atoms with Crippen molar-refractivity contribution < 1.29 is 9.50 Å². The van der Waals surface area contributed by atoms with E-state index in [1.165, 1.54) is 6.07 Å². The van der Waals surface area contributed by atoms with Gasteiger partial charge in [0, 0.05) is 10.6 Å². The van der Waals surface area contributed by atoms with E-state index in [0.717, 1.165) is 6.07 Å². The van der Waals surface area contributed by atoms with E-state index in [-0.39, 0.29) is 10.6 Å². The summed E-state index contributed by atoms with van der Waals surface area (Å²) in [5.41, 5.74) is 5.28. The number of hydrogen-bond acceptors (Lipinski definition) is 3. The first-order valence-corrected chi connectivity index (χ1v) is 3.77. The Morgan fingerprint density at radius 2 is 2.23 bits per heavy atom. The minimum absolute atomic E-state index is 0.00694. The Morgan fingerprint density at radius 3 is 2.77 bits per heavy atom. The van der Waals surface area contributed by atoms with E-state index in [2.05, 4.69) is 0 Å². The average molecular weight is 201 g/mol. The predicted molar refractivity (Wildman–Crippen MR) is 45.6 cm³/mol. The fourth-order valence-electron chi connectivity index (χ4n) is 0.893. The zero-order chi connectivity index (χ0) is 10.0. The van der Waals surface area contributed by atoms with Crippen LogP contribution in [0, 0.1) is 17.1 Å². The largest absolute Gasteiger partial charge is 0.505 e. The Balaban J connectivity index is 3.30. The molecule has 0 spiro atoms. The van der Waals surface area contributed by atoms with Gasteiger partial charge in [-0.3, -0.25) is 0 Å². The molecule has 1 aromatic carbocycles. The average Bonchev–Trinajstić information content (AvgIpc) is 2.10. The summed E-state index contributed by atoms with van der Waals surface area (Å²) >= 11 is 5.51. The maximum atomic E-state index is 12.8. The van der Waals surface area contributed by atoms with Gasteiger partial charge < -0.3 is 10.8 Å². The van der Waals surface area contributed by atoms with Crippen LogP contribution in [0.15, 0.2) is 12.1 Å². The van der Waals surface area contributed by atoms with E-state index < -0.39 is 17.6 Å². The van der Waals surface area contributed by atoms with Crippen molar-refractivity contribution in [3.05, 3.63) is 28.5 Å². The second-order valence-corrected chi connectivity index (χ2v) is 2.87. The van der Waals surface area contributed by atoms with Gasteiger partial charge in [0.15, 0.2) is 11.6 Å². The summed E-state index contributed by atoms with van der Waals surface area (Å²) in [4.78, 5) is 0. The molecule has 0 saturated carbocycles. The fourth-order valence-corrected chi connectivity index (χ4v) is 1.11. The molecule has 0 unspecified atom stereocenters. The van der Waals surface area contributed by atoms with Crippen LogP contribution in [0.3, 0.4) is 0 Å². The van der Waals surface area contributed by atoms with E-state index in [1.807, 2.05) is 0 Å². The van der Waals surface area contributed by atoms with E-state index in [1.54, 1.807) is 6.07 Å². The summed E-state index contributed by atoms with van der Waals surface area (Å²) in [6, 6.07) is 2.80. The molecule has 1 rings (SSSR count). The number of nitrogens with two attached hydrogens (primary N) is 1. The number of nitrogens with zero attached hydrogens (tertiary/aromatic N) is 1. The van der Waals surface area contributed by atoms with Crippen LogP contribution in [0.1, 0.15) is 11.6 Å². The SMILES string of the molecule is N#C[C@@H](N)c1cc(Cl)cc(F)c1O. The van der Waals surface area contributed by atoms with Crippen LogP contribution in [0.5, 0.6) is 5.75 Å². The Bertz CT molecular complexity index is 375. The monoisotopic (exact) mass is 200 g/mol. The number of rotatable bonds is 1. The van der Waals surface area contributed by atoms with Crippen molar-refractivity contribution in [2.45, 2.75) is 6.04 Å². The zero-order valence-corrected chi connectivity index (χ0v) is 7.22. The third-order valence-electron chi connectivity index (χ3n) is 1.53. The molecule has 0 fully saturated rings. The second kappa shape index (κ2) is 3.60. The molecule has 0 radical (unpaired) electrons. The lowest BCUT2D eigenvalue weighted by Crippen LogP contribution is -2.08. The normalized spacial score (nSPS) is 12.2. The molecule has 0 aliphatic heterocycles. The number of hydrogen-bond donors (Lipinski definition) is 2. The van der Waals surface area contributed by atoms with Crippen LogP contribution in [0.4, 0.5) is 4.39 Å². The van der Waals surface area contributed by atoms with Gasteiger partial charge in [-0.2, -0.15) is 5.26 Å². The highest BCUT2D eigenvalue weighted by atomic mass is 35.5. The maximum absolute atomic E-state index is 12.8. The van der Waals surface area contributed by atoms with Gasteiger partial charge in [-0.25, -0.2) is 4.39 Å². The summed E-state index contributed by atoms with van der Waals surface area (Å²) in [5.74, 6) is -1.51. The first kappa shape index (κ1) is 9.78. The number of halogens is 2. The molecule has 3 nitrogen and oxygen atoms in total. The van der Waals surface area contributed by atoms with E-state index in [9.17, 15) is 4.39 Å². The maximum Gasteiger partial charge on any atom is 0.166 e. The third-order valence-corrected chi connectivity index (χ3v) is 1.75. The van der Waals surface area contributed by atoms with Crippen LogP contribution in [0.25, 0.3) is 0 Å². The van der Waals surface area contributed by atoms with Gasteiger partial charge in [0.25, 0.3) is 0 Å². The van der Waals surface area contributed by atoms with E-state index in [0.29, 0.717) is 0 Å². The minimum atomic E-state index is -1.08. The van der Waals surface area contributed by atoms with Crippen molar-refractivity contribution in [3.8, 4) is 11.8 Å². The van der Waals surface area contributed by atoms with Crippen LogP contribution in [-0.4, -0.2) is 5.11 Å². The third kappa shape index (κ3) is 1.89. The van der Waals surface area contributed by atoms with E-state index >= 15 is 0 Å². The molecule has 0 saturated heterocycles. The molecule has 68 valence electrons.